The van der Waals surface area contributed by atoms with Crippen LogP contribution < -0.4 is 11.1 Å². The SMILES string of the molecule is NCC(NC1CCCC1)C1CCSC1. The molecular formula is C11H22N2S. The smallest absolute Gasteiger partial charge is 0.0229 e. The summed E-state index contributed by atoms with van der Waals surface area (Å²) in [6.07, 6.45) is 6.93. The van der Waals surface area contributed by atoms with Gasteiger partial charge in [0.2, 0.25) is 0 Å². The van der Waals surface area contributed by atoms with Gasteiger partial charge in [0, 0.05) is 18.6 Å². The molecular weight excluding hydrogens is 192 g/mol. The molecule has 0 aromatic carbocycles. The van der Waals surface area contributed by atoms with Crippen LogP contribution in [0.15, 0.2) is 0 Å². The first-order valence-electron chi connectivity index (χ1n) is 5.94. The lowest BCUT2D eigenvalue weighted by Crippen LogP contribution is -2.46. The Labute approximate surface area is 91.4 Å². The van der Waals surface area contributed by atoms with Gasteiger partial charge in [-0.1, -0.05) is 12.8 Å². The average molecular weight is 214 g/mol. The molecule has 3 heteroatoms. The largest absolute Gasteiger partial charge is 0.329 e. The van der Waals surface area contributed by atoms with Crippen molar-refractivity contribution in [1.29, 1.82) is 0 Å². The molecule has 0 aromatic rings. The maximum atomic E-state index is 5.86. The zero-order valence-corrected chi connectivity index (χ0v) is 9.69. The summed E-state index contributed by atoms with van der Waals surface area (Å²) < 4.78 is 0. The quantitative estimate of drug-likeness (QED) is 0.746. The molecule has 82 valence electrons. The molecule has 0 spiro atoms. The molecule has 0 radical (unpaired) electrons. The summed E-state index contributed by atoms with van der Waals surface area (Å²) in [6.45, 7) is 0.821. The van der Waals surface area contributed by atoms with Gasteiger partial charge >= 0.3 is 0 Å². The summed E-state index contributed by atoms with van der Waals surface area (Å²) in [4.78, 5) is 0. The fraction of sp³-hybridized carbons (Fsp3) is 1.00. The Hall–Kier alpha value is 0.270. The normalized spacial score (nSPS) is 31.1. The molecule has 1 aliphatic heterocycles. The van der Waals surface area contributed by atoms with Crippen molar-refractivity contribution >= 4 is 11.8 Å². The van der Waals surface area contributed by atoms with Crippen LogP contribution in [0.3, 0.4) is 0 Å². The van der Waals surface area contributed by atoms with Crippen molar-refractivity contribution in [2.24, 2.45) is 11.7 Å². The second kappa shape index (κ2) is 5.38. The molecule has 14 heavy (non-hydrogen) atoms. The molecule has 0 bridgehead atoms. The van der Waals surface area contributed by atoms with Crippen LogP contribution in [0.1, 0.15) is 32.1 Å². The molecule has 2 rings (SSSR count). The van der Waals surface area contributed by atoms with E-state index in [0.29, 0.717) is 6.04 Å². The van der Waals surface area contributed by atoms with Crippen LogP contribution in [0, 0.1) is 5.92 Å². The maximum absolute atomic E-state index is 5.86. The summed E-state index contributed by atoms with van der Waals surface area (Å²) >= 11 is 2.09. The summed E-state index contributed by atoms with van der Waals surface area (Å²) in [6, 6.07) is 1.36. The average Bonchev–Trinajstić information content (AvgIpc) is 2.86. The van der Waals surface area contributed by atoms with Crippen LogP contribution in [0.5, 0.6) is 0 Å². The molecule has 1 aliphatic carbocycles. The number of thioether (sulfide) groups is 1. The van der Waals surface area contributed by atoms with E-state index < -0.39 is 0 Å². The first-order chi connectivity index (χ1) is 6.90. The molecule has 2 nitrogen and oxygen atoms in total. The zero-order chi connectivity index (χ0) is 9.80. The number of rotatable bonds is 4. The van der Waals surface area contributed by atoms with Crippen molar-refractivity contribution in [1.82, 2.24) is 5.32 Å². The minimum absolute atomic E-state index is 0.591. The fourth-order valence-electron chi connectivity index (χ4n) is 2.66. The van der Waals surface area contributed by atoms with Crippen LogP contribution in [0.2, 0.25) is 0 Å². The van der Waals surface area contributed by atoms with Gasteiger partial charge in [0.15, 0.2) is 0 Å². The van der Waals surface area contributed by atoms with Crippen LogP contribution in [0.25, 0.3) is 0 Å². The van der Waals surface area contributed by atoms with Gasteiger partial charge in [0.25, 0.3) is 0 Å². The van der Waals surface area contributed by atoms with Gasteiger partial charge in [0.1, 0.15) is 0 Å². The second-order valence-corrected chi connectivity index (χ2v) is 5.76. The Balaban J connectivity index is 1.79. The summed E-state index contributed by atoms with van der Waals surface area (Å²) in [5, 5.41) is 3.77. The maximum Gasteiger partial charge on any atom is 0.0229 e. The lowest BCUT2D eigenvalue weighted by molar-refractivity contribution is 0.346. The molecule has 2 aliphatic rings. The molecule has 1 saturated heterocycles. The van der Waals surface area contributed by atoms with Gasteiger partial charge in [0.05, 0.1) is 0 Å². The van der Waals surface area contributed by atoms with Gasteiger partial charge < -0.3 is 11.1 Å². The molecule has 3 N–H and O–H groups in total. The topological polar surface area (TPSA) is 38.0 Å². The van der Waals surface area contributed by atoms with E-state index in [1.165, 1.54) is 43.6 Å². The lowest BCUT2D eigenvalue weighted by atomic mass is 9.98. The fourth-order valence-corrected chi connectivity index (χ4v) is 4.00. The van der Waals surface area contributed by atoms with Crippen LogP contribution in [0.4, 0.5) is 0 Å². The van der Waals surface area contributed by atoms with Crippen LogP contribution in [-0.4, -0.2) is 30.1 Å². The Morgan fingerprint density at radius 1 is 1.29 bits per heavy atom. The highest BCUT2D eigenvalue weighted by molar-refractivity contribution is 7.99. The van der Waals surface area contributed by atoms with Crippen LogP contribution in [-0.2, 0) is 0 Å². The monoisotopic (exact) mass is 214 g/mol. The van der Waals surface area contributed by atoms with E-state index in [-0.39, 0.29) is 0 Å². The standard InChI is InChI=1S/C11H22N2S/c12-7-11(9-5-6-14-8-9)13-10-3-1-2-4-10/h9-11,13H,1-8,12H2. The van der Waals surface area contributed by atoms with Gasteiger partial charge in [-0.05, 0) is 36.7 Å². The van der Waals surface area contributed by atoms with Gasteiger partial charge in [-0.3, -0.25) is 0 Å². The first-order valence-corrected chi connectivity index (χ1v) is 7.09. The Morgan fingerprint density at radius 3 is 2.64 bits per heavy atom. The van der Waals surface area contributed by atoms with Crippen molar-refractivity contribution < 1.29 is 0 Å². The van der Waals surface area contributed by atoms with Crippen LogP contribution >= 0.6 is 11.8 Å². The lowest BCUT2D eigenvalue weighted by Gasteiger charge is -2.26. The highest BCUT2D eigenvalue weighted by Gasteiger charge is 2.27. The molecule has 1 saturated carbocycles. The van der Waals surface area contributed by atoms with E-state index in [0.717, 1.165) is 18.5 Å². The third-order valence-corrected chi connectivity index (χ3v) is 4.78. The first kappa shape index (κ1) is 10.8. The number of nitrogens with one attached hydrogen (secondary N) is 1. The predicted molar refractivity (Wildman–Crippen MR) is 63.7 cm³/mol. The minimum Gasteiger partial charge on any atom is -0.329 e. The highest BCUT2D eigenvalue weighted by Crippen LogP contribution is 2.27. The van der Waals surface area contributed by atoms with E-state index in [1.807, 2.05) is 0 Å². The Morgan fingerprint density at radius 2 is 2.07 bits per heavy atom. The number of nitrogens with two attached hydrogens (primary N) is 1. The van der Waals surface area contributed by atoms with Crippen molar-refractivity contribution in [2.45, 2.75) is 44.2 Å². The molecule has 2 unspecified atom stereocenters. The van der Waals surface area contributed by atoms with E-state index in [2.05, 4.69) is 17.1 Å². The second-order valence-electron chi connectivity index (χ2n) is 4.61. The number of hydrogen-bond donors (Lipinski definition) is 2. The zero-order valence-electron chi connectivity index (χ0n) is 8.87. The van der Waals surface area contributed by atoms with E-state index in [4.69, 9.17) is 5.73 Å². The molecule has 1 heterocycles. The van der Waals surface area contributed by atoms with Crippen molar-refractivity contribution in [3.63, 3.8) is 0 Å². The van der Waals surface area contributed by atoms with E-state index >= 15 is 0 Å². The van der Waals surface area contributed by atoms with Crippen molar-refractivity contribution in [3.8, 4) is 0 Å². The third kappa shape index (κ3) is 2.65. The van der Waals surface area contributed by atoms with E-state index in [9.17, 15) is 0 Å². The molecule has 0 aromatic heterocycles. The van der Waals surface area contributed by atoms with Gasteiger partial charge in [-0.2, -0.15) is 11.8 Å². The third-order valence-electron chi connectivity index (χ3n) is 3.59. The summed E-state index contributed by atoms with van der Waals surface area (Å²) in [5.74, 6) is 3.50. The Bertz CT molecular complexity index is 163. The summed E-state index contributed by atoms with van der Waals surface area (Å²) in [5.41, 5.74) is 5.86. The molecule has 2 atom stereocenters. The Kier molecular flexibility index (Phi) is 4.14. The van der Waals surface area contributed by atoms with Crippen molar-refractivity contribution in [3.05, 3.63) is 0 Å². The van der Waals surface area contributed by atoms with Crippen molar-refractivity contribution in [2.75, 3.05) is 18.1 Å². The number of hydrogen-bond acceptors (Lipinski definition) is 3. The molecule has 0 amide bonds. The summed E-state index contributed by atoms with van der Waals surface area (Å²) in [7, 11) is 0. The molecule has 2 fully saturated rings. The predicted octanol–water partition coefficient (Wildman–Crippen LogP) is 1.60. The van der Waals surface area contributed by atoms with Gasteiger partial charge in [-0.25, -0.2) is 0 Å². The highest BCUT2D eigenvalue weighted by atomic mass is 32.2. The van der Waals surface area contributed by atoms with Gasteiger partial charge in [-0.15, -0.1) is 0 Å². The van der Waals surface area contributed by atoms with E-state index in [1.54, 1.807) is 0 Å². The minimum atomic E-state index is 0.591.